The van der Waals surface area contributed by atoms with Crippen molar-refractivity contribution in [3.05, 3.63) is 29.8 Å². The van der Waals surface area contributed by atoms with Crippen molar-refractivity contribution in [3.8, 4) is 0 Å². The number of nitrogens with zero attached hydrogens (tertiary/aromatic N) is 1. The van der Waals surface area contributed by atoms with Crippen molar-refractivity contribution >= 4 is 20.0 Å². The van der Waals surface area contributed by atoms with E-state index in [0.29, 0.717) is 12.8 Å². The second kappa shape index (κ2) is 6.19. The van der Waals surface area contributed by atoms with Crippen LogP contribution >= 0.6 is 0 Å². The van der Waals surface area contributed by atoms with Crippen LogP contribution in [0, 0.1) is 11.6 Å². The van der Waals surface area contributed by atoms with Crippen molar-refractivity contribution in [2.24, 2.45) is 0 Å². The van der Waals surface area contributed by atoms with Crippen LogP contribution in [0.15, 0.2) is 23.1 Å². The molecule has 10 heteroatoms. The van der Waals surface area contributed by atoms with Gasteiger partial charge < -0.3 is 0 Å². The Labute approximate surface area is 128 Å². The lowest BCUT2D eigenvalue weighted by atomic mass is 10.1. The molecule has 1 atom stereocenters. The molecule has 1 aliphatic heterocycles. The summed E-state index contributed by atoms with van der Waals surface area (Å²) in [6.45, 7) is -0.0821. The molecule has 2 rings (SSSR count). The van der Waals surface area contributed by atoms with Crippen molar-refractivity contribution in [2.75, 3.05) is 19.3 Å². The Kier molecular flexibility index (Phi) is 4.85. The number of hydrogen-bond acceptors (Lipinski definition) is 4. The Balaban J connectivity index is 2.30. The number of rotatable bonds is 4. The van der Waals surface area contributed by atoms with E-state index in [0.717, 1.165) is 28.8 Å². The van der Waals surface area contributed by atoms with E-state index in [9.17, 15) is 25.6 Å². The summed E-state index contributed by atoms with van der Waals surface area (Å²) < 4.78 is 77.9. The van der Waals surface area contributed by atoms with Crippen molar-refractivity contribution in [1.29, 1.82) is 0 Å². The first-order valence-corrected chi connectivity index (χ1v) is 9.86. The molecule has 0 saturated carbocycles. The van der Waals surface area contributed by atoms with E-state index in [-0.39, 0.29) is 13.1 Å². The molecule has 1 heterocycles. The first kappa shape index (κ1) is 17.3. The van der Waals surface area contributed by atoms with Crippen LogP contribution in [0.25, 0.3) is 0 Å². The minimum atomic E-state index is -4.36. The molecule has 1 aromatic rings. The van der Waals surface area contributed by atoms with Gasteiger partial charge in [-0.2, -0.15) is 4.31 Å². The highest BCUT2D eigenvalue weighted by molar-refractivity contribution is 7.89. The van der Waals surface area contributed by atoms with Crippen LogP contribution in [0.2, 0.25) is 0 Å². The average molecular weight is 354 g/mol. The molecule has 0 aliphatic carbocycles. The number of halogens is 2. The first-order valence-electron chi connectivity index (χ1n) is 6.53. The highest BCUT2D eigenvalue weighted by Gasteiger charge is 2.34. The van der Waals surface area contributed by atoms with Gasteiger partial charge in [-0.3, -0.25) is 0 Å². The largest absolute Gasteiger partial charge is 0.248 e. The van der Waals surface area contributed by atoms with Gasteiger partial charge in [0.15, 0.2) is 4.90 Å². The number of piperidine rings is 1. The molecule has 1 unspecified atom stereocenters. The maximum Gasteiger partial charge on any atom is 0.248 e. The first-order chi connectivity index (χ1) is 10.1. The predicted molar refractivity (Wildman–Crippen MR) is 76.1 cm³/mol. The monoisotopic (exact) mass is 354 g/mol. The van der Waals surface area contributed by atoms with Crippen LogP contribution in [0.3, 0.4) is 0 Å². The summed E-state index contributed by atoms with van der Waals surface area (Å²) in [5.41, 5.74) is 0. The minimum absolute atomic E-state index is 0.0814. The van der Waals surface area contributed by atoms with Crippen molar-refractivity contribution in [2.45, 2.75) is 23.8 Å². The molecular formula is C12H16F2N2O4S2. The summed E-state index contributed by atoms with van der Waals surface area (Å²) in [5, 5.41) is 0. The molecule has 0 aromatic heterocycles. The van der Waals surface area contributed by atoms with Crippen LogP contribution in [0.1, 0.15) is 12.8 Å². The van der Waals surface area contributed by atoms with Crippen molar-refractivity contribution in [3.63, 3.8) is 0 Å². The maximum absolute atomic E-state index is 13.7. The van der Waals surface area contributed by atoms with Gasteiger partial charge in [0, 0.05) is 19.1 Å². The van der Waals surface area contributed by atoms with Gasteiger partial charge in [0.2, 0.25) is 20.0 Å². The fourth-order valence-corrected chi connectivity index (χ4v) is 4.85. The molecule has 1 fully saturated rings. The third-order valence-electron chi connectivity index (χ3n) is 3.28. The third kappa shape index (κ3) is 3.80. The van der Waals surface area contributed by atoms with Gasteiger partial charge >= 0.3 is 0 Å². The van der Waals surface area contributed by atoms with Crippen LogP contribution in [0.5, 0.6) is 0 Å². The van der Waals surface area contributed by atoms with Crippen LogP contribution in [-0.4, -0.2) is 46.5 Å². The second-order valence-electron chi connectivity index (χ2n) is 5.14. The van der Waals surface area contributed by atoms with Gasteiger partial charge in [-0.15, -0.1) is 0 Å². The highest BCUT2D eigenvalue weighted by atomic mass is 32.2. The molecule has 6 nitrogen and oxygen atoms in total. The predicted octanol–water partition coefficient (Wildman–Crippen LogP) is 0.667. The second-order valence-corrected chi connectivity index (χ2v) is 8.80. The van der Waals surface area contributed by atoms with Crippen LogP contribution in [0.4, 0.5) is 8.78 Å². The zero-order chi connectivity index (χ0) is 16.5. The van der Waals surface area contributed by atoms with E-state index in [2.05, 4.69) is 4.72 Å². The molecule has 0 amide bonds. The number of nitrogens with one attached hydrogen (secondary N) is 1. The minimum Gasteiger partial charge on any atom is -0.213 e. The molecule has 124 valence electrons. The SMILES string of the molecule is CS(=O)(=O)NC1CCCN(S(=O)(=O)c2c(F)cccc2F)C1. The van der Waals surface area contributed by atoms with Gasteiger partial charge in [0.05, 0.1) is 6.26 Å². The molecule has 0 spiro atoms. The molecular weight excluding hydrogens is 338 g/mol. The van der Waals surface area contributed by atoms with Crippen molar-refractivity contribution in [1.82, 2.24) is 9.03 Å². The Morgan fingerprint density at radius 2 is 1.77 bits per heavy atom. The lowest BCUT2D eigenvalue weighted by Crippen LogP contribution is -2.49. The zero-order valence-electron chi connectivity index (χ0n) is 11.8. The number of hydrogen-bond donors (Lipinski definition) is 1. The third-order valence-corrected chi connectivity index (χ3v) is 5.96. The number of benzene rings is 1. The molecule has 0 radical (unpaired) electrons. The van der Waals surface area contributed by atoms with Gasteiger partial charge in [0.25, 0.3) is 0 Å². The van der Waals surface area contributed by atoms with E-state index < -0.39 is 42.6 Å². The van der Waals surface area contributed by atoms with Gasteiger partial charge in [0.1, 0.15) is 11.6 Å². The van der Waals surface area contributed by atoms with E-state index in [1.54, 1.807) is 0 Å². The Bertz CT molecular complexity index is 745. The fraction of sp³-hybridized carbons (Fsp3) is 0.500. The molecule has 0 bridgehead atoms. The highest BCUT2D eigenvalue weighted by Crippen LogP contribution is 2.25. The molecule has 1 N–H and O–H groups in total. The Hall–Kier alpha value is -1.10. The Morgan fingerprint density at radius 1 is 1.18 bits per heavy atom. The normalized spacial score (nSPS) is 21.0. The fourth-order valence-electron chi connectivity index (χ4n) is 2.42. The molecule has 1 aromatic carbocycles. The van der Waals surface area contributed by atoms with E-state index >= 15 is 0 Å². The van der Waals surface area contributed by atoms with Gasteiger partial charge in [-0.25, -0.2) is 30.3 Å². The topological polar surface area (TPSA) is 83.6 Å². The van der Waals surface area contributed by atoms with Crippen LogP contribution in [-0.2, 0) is 20.0 Å². The smallest absolute Gasteiger partial charge is 0.213 e. The summed E-state index contributed by atoms with van der Waals surface area (Å²) in [7, 11) is -7.86. The van der Waals surface area contributed by atoms with Gasteiger partial charge in [-0.05, 0) is 25.0 Å². The quantitative estimate of drug-likeness (QED) is 0.861. The molecule has 22 heavy (non-hydrogen) atoms. The number of sulfonamides is 2. The Morgan fingerprint density at radius 3 is 2.32 bits per heavy atom. The molecule has 1 saturated heterocycles. The zero-order valence-corrected chi connectivity index (χ0v) is 13.4. The summed E-state index contributed by atoms with van der Waals surface area (Å²) >= 11 is 0. The van der Waals surface area contributed by atoms with Crippen molar-refractivity contribution < 1.29 is 25.6 Å². The lowest BCUT2D eigenvalue weighted by molar-refractivity contribution is 0.301. The van der Waals surface area contributed by atoms with E-state index in [1.807, 2.05) is 0 Å². The van der Waals surface area contributed by atoms with E-state index in [4.69, 9.17) is 0 Å². The van der Waals surface area contributed by atoms with Crippen LogP contribution < -0.4 is 4.72 Å². The van der Waals surface area contributed by atoms with E-state index in [1.165, 1.54) is 0 Å². The maximum atomic E-state index is 13.7. The summed E-state index contributed by atoms with van der Waals surface area (Å²) in [6.07, 6.45) is 1.82. The summed E-state index contributed by atoms with van der Waals surface area (Å²) in [5.74, 6) is -2.34. The average Bonchev–Trinajstić information content (AvgIpc) is 2.36. The summed E-state index contributed by atoms with van der Waals surface area (Å²) in [6, 6.07) is 2.19. The lowest BCUT2D eigenvalue weighted by Gasteiger charge is -2.32. The van der Waals surface area contributed by atoms with Gasteiger partial charge in [-0.1, -0.05) is 6.07 Å². The standard InChI is InChI=1S/C12H16F2N2O4S2/c1-21(17,18)15-9-4-3-7-16(8-9)22(19,20)12-10(13)5-2-6-11(12)14/h2,5-6,9,15H,3-4,7-8H2,1H3. The molecule has 1 aliphatic rings. The summed E-state index contributed by atoms with van der Waals surface area (Å²) in [4.78, 5) is -1.00.